The monoisotopic (exact) mass is 279 g/mol. The van der Waals surface area contributed by atoms with Crippen molar-refractivity contribution in [3.05, 3.63) is 0 Å². The third-order valence-electron chi connectivity index (χ3n) is 6.38. The van der Waals surface area contributed by atoms with Crippen LogP contribution in [0.1, 0.15) is 70.6 Å². The highest BCUT2D eigenvalue weighted by atomic mass is 32.2. The minimum atomic E-state index is 0.266. The average Bonchev–Trinajstić information content (AvgIpc) is 3.19. The van der Waals surface area contributed by atoms with E-state index in [1.807, 2.05) is 0 Å². The van der Waals surface area contributed by atoms with Crippen molar-refractivity contribution in [3.63, 3.8) is 0 Å². The summed E-state index contributed by atoms with van der Waals surface area (Å²) in [6, 6.07) is 0. The number of nitrogens with two attached hydrogens (primary N) is 1. The van der Waals surface area contributed by atoms with E-state index >= 15 is 0 Å². The van der Waals surface area contributed by atoms with E-state index in [2.05, 4.69) is 11.8 Å². The number of thioether (sulfide) groups is 1. The summed E-state index contributed by atoms with van der Waals surface area (Å²) in [5.74, 6) is 3.60. The van der Waals surface area contributed by atoms with Crippen molar-refractivity contribution in [2.75, 3.05) is 5.75 Å². The summed E-state index contributed by atoms with van der Waals surface area (Å²) < 4.78 is 0. The fraction of sp³-hybridized carbons (Fsp3) is 1.00. The lowest BCUT2D eigenvalue weighted by molar-refractivity contribution is 0.111. The largest absolute Gasteiger partial charge is 0.325 e. The van der Waals surface area contributed by atoms with Crippen LogP contribution in [-0.2, 0) is 0 Å². The van der Waals surface area contributed by atoms with E-state index < -0.39 is 0 Å². The SMILES string of the molecule is NC1([C@]2(CC3CC3)CC[C@H](SCC3CC3)CC2)CC1. The molecule has 0 aromatic heterocycles. The molecule has 0 aromatic carbocycles. The molecule has 4 fully saturated rings. The highest BCUT2D eigenvalue weighted by molar-refractivity contribution is 7.99. The first-order valence-corrected chi connectivity index (χ1v) is 9.65. The quantitative estimate of drug-likeness (QED) is 0.782. The van der Waals surface area contributed by atoms with Crippen LogP contribution in [0.2, 0.25) is 0 Å². The second-order valence-electron chi connectivity index (χ2n) is 8.06. The van der Waals surface area contributed by atoms with Crippen LogP contribution in [0.15, 0.2) is 0 Å². The molecular weight excluding hydrogens is 250 g/mol. The first-order chi connectivity index (χ1) is 9.19. The summed E-state index contributed by atoms with van der Waals surface area (Å²) in [6.45, 7) is 0. The number of hydrogen-bond donors (Lipinski definition) is 1. The molecule has 0 saturated heterocycles. The maximum Gasteiger partial charge on any atom is 0.0212 e. The predicted molar refractivity (Wildman–Crippen MR) is 83.4 cm³/mol. The summed E-state index contributed by atoms with van der Waals surface area (Å²) in [5.41, 5.74) is 7.53. The van der Waals surface area contributed by atoms with Crippen LogP contribution in [0.4, 0.5) is 0 Å². The predicted octanol–water partition coefficient (Wildman–Crippen LogP) is 4.35. The van der Waals surface area contributed by atoms with Gasteiger partial charge in [-0.25, -0.2) is 0 Å². The van der Waals surface area contributed by atoms with Gasteiger partial charge in [0.25, 0.3) is 0 Å². The molecule has 0 atom stereocenters. The lowest BCUT2D eigenvalue weighted by Crippen LogP contribution is -2.47. The molecule has 2 N–H and O–H groups in total. The molecule has 0 radical (unpaired) electrons. The Morgan fingerprint density at radius 3 is 2.00 bits per heavy atom. The van der Waals surface area contributed by atoms with Crippen molar-refractivity contribution in [1.82, 2.24) is 0 Å². The highest BCUT2D eigenvalue weighted by Crippen LogP contribution is 2.61. The molecule has 0 aliphatic heterocycles. The maximum absolute atomic E-state index is 6.70. The highest BCUT2D eigenvalue weighted by Gasteiger charge is 2.58. The Labute approximate surface area is 122 Å². The minimum Gasteiger partial charge on any atom is -0.325 e. The van der Waals surface area contributed by atoms with Crippen LogP contribution >= 0.6 is 11.8 Å². The van der Waals surface area contributed by atoms with Crippen molar-refractivity contribution >= 4 is 11.8 Å². The second-order valence-corrected chi connectivity index (χ2v) is 9.39. The second kappa shape index (κ2) is 4.66. The van der Waals surface area contributed by atoms with E-state index in [-0.39, 0.29) is 5.54 Å². The van der Waals surface area contributed by atoms with Crippen molar-refractivity contribution < 1.29 is 0 Å². The standard InChI is InChI=1S/C17H29NS/c18-17(9-10-17)16(11-13-1-2-13)7-5-15(6-8-16)19-12-14-3-4-14/h13-15H,1-12,18H2/t15-,16+. The van der Waals surface area contributed by atoms with Crippen LogP contribution in [0, 0.1) is 17.3 Å². The zero-order valence-corrected chi connectivity index (χ0v) is 13.0. The smallest absolute Gasteiger partial charge is 0.0212 e. The van der Waals surface area contributed by atoms with Gasteiger partial charge in [-0.15, -0.1) is 0 Å². The zero-order chi connectivity index (χ0) is 12.9. The van der Waals surface area contributed by atoms with E-state index in [4.69, 9.17) is 5.73 Å². The lowest BCUT2D eigenvalue weighted by Gasteiger charge is -2.45. The molecule has 0 bridgehead atoms. The van der Waals surface area contributed by atoms with Gasteiger partial charge >= 0.3 is 0 Å². The molecule has 0 aromatic rings. The summed E-state index contributed by atoms with van der Waals surface area (Å²) >= 11 is 2.29. The van der Waals surface area contributed by atoms with Crippen molar-refractivity contribution in [3.8, 4) is 0 Å². The van der Waals surface area contributed by atoms with E-state index in [0.29, 0.717) is 5.41 Å². The van der Waals surface area contributed by atoms with Gasteiger partial charge in [-0.05, 0) is 80.8 Å². The van der Waals surface area contributed by atoms with Crippen LogP contribution in [0.3, 0.4) is 0 Å². The van der Waals surface area contributed by atoms with Gasteiger partial charge in [0.15, 0.2) is 0 Å². The van der Waals surface area contributed by atoms with Crippen LogP contribution < -0.4 is 5.73 Å². The van der Waals surface area contributed by atoms with Crippen molar-refractivity contribution in [2.24, 2.45) is 23.0 Å². The normalized spacial score (nSPS) is 41.2. The molecule has 0 heterocycles. The zero-order valence-electron chi connectivity index (χ0n) is 12.2. The van der Waals surface area contributed by atoms with Gasteiger partial charge in [0.2, 0.25) is 0 Å². The first-order valence-electron chi connectivity index (χ1n) is 8.60. The third kappa shape index (κ3) is 2.72. The van der Waals surface area contributed by atoms with Crippen LogP contribution in [0.5, 0.6) is 0 Å². The molecule has 2 heteroatoms. The lowest BCUT2D eigenvalue weighted by atomic mass is 9.64. The molecule has 1 nitrogen and oxygen atoms in total. The molecule has 0 amide bonds. The molecule has 19 heavy (non-hydrogen) atoms. The Bertz CT molecular complexity index is 333. The molecule has 0 spiro atoms. The summed E-state index contributed by atoms with van der Waals surface area (Å²) in [4.78, 5) is 0. The van der Waals surface area contributed by atoms with E-state index in [1.54, 1.807) is 0 Å². The van der Waals surface area contributed by atoms with Crippen LogP contribution in [0.25, 0.3) is 0 Å². The minimum absolute atomic E-state index is 0.266. The van der Waals surface area contributed by atoms with Gasteiger partial charge in [-0.2, -0.15) is 11.8 Å². The van der Waals surface area contributed by atoms with Gasteiger partial charge in [0, 0.05) is 10.8 Å². The van der Waals surface area contributed by atoms with Gasteiger partial charge in [0.1, 0.15) is 0 Å². The van der Waals surface area contributed by atoms with Crippen molar-refractivity contribution in [1.29, 1.82) is 0 Å². The summed E-state index contributed by atoms with van der Waals surface area (Å²) in [6.07, 6.45) is 15.9. The fourth-order valence-corrected chi connectivity index (χ4v) is 5.76. The summed E-state index contributed by atoms with van der Waals surface area (Å²) in [7, 11) is 0. The molecule has 0 unspecified atom stereocenters. The molecular formula is C17H29NS. The van der Waals surface area contributed by atoms with Crippen LogP contribution in [-0.4, -0.2) is 16.5 Å². The Morgan fingerprint density at radius 1 is 0.842 bits per heavy atom. The molecule has 4 rings (SSSR count). The number of hydrogen-bond acceptors (Lipinski definition) is 2. The first kappa shape index (κ1) is 13.0. The Morgan fingerprint density at radius 2 is 1.47 bits per heavy atom. The topological polar surface area (TPSA) is 26.0 Å². The van der Waals surface area contributed by atoms with Gasteiger partial charge in [0.05, 0.1) is 0 Å². The average molecular weight is 279 g/mol. The van der Waals surface area contributed by atoms with Crippen molar-refractivity contribution in [2.45, 2.75) is 81.4 Å². The van der Waals surface area contributed by atoms with Gasteiger partial charge in [-0.3, -0.25) is 0 Å². The Hall–Kier alpha value is 0.310. The van der Waals surface area contributed by atoms with E-state index in [1.165, 1.54) is 76.4 Å². The fourth-order valence-electron chi connectivity index (χ4n) is 4.31. The number of rotatable bonds is 6. The third-order valence-corrected chi connectivity index (χ3v) is 7.98. The molecule has 108 valence electrons. The van der Waals surface area contributed by atoms with Gasteiger partial charge in [-0.1, -0.05) is 12.8 Å². The summed E-state index contributed by atoms with van der Waals surface area (Å²) in [5, 5.41) is 0.968. The Kier molecular flexibility index (Phi) is 3.19. The molecule has 4 aliphatic carbocycles. The van der Waals surface area contributed by atoms with E-state index in [9.17, 15) is 0 Å². The maximum atomic E-state index is 6.70. The molecule has 4 saturated carbocycles. The Balaban J connectivity index is 1.34. The van der Waals surface area contributed by atoms with E-state index in [0.717, 1.165) is 17.1 Å². The van der Waals surface area contributed by atoms with Gasteiger partial charge < -0.3 is 5.73 Å². The molecule has 4 aliphatic rings.